The lowest BCUT2D eigenvalue weighted by Gasteiger charge is -2.30. The zero-order valence-electron chi connectivity index (χ0n) is 11.8. The molecule has 0 bridgehead atoms. The zero-order valence-corrected chi connectivity index (χ0v) is 12.7. The quantitative estimate of drug-likeness (QED) is 0.897. The van der Waals surface area contributed by atoms with Crippen LogP contribution >= 0.6 is 11.8 Å². The average molecular weight is 294 g/mol. The standard InChI is InChI=1S/C15H22N2O2S/c1-2-20-11-12-5-3-6-13(9-12)16-15(19)17-8-4-7-14(18)10-17/h3,5-6,9,14,18H,2,4,7-8,10-11H2,1H3,(H,16,19). The molecule has 0 radical (unpaired) electrons. The number of piperidine rings is 1. The van der Waals surface area contributed by atoms with E-state index in [4.69, 9.17) is 0 Å². The first-order valence-electron chi connectivity index (χ1n) is 7.09. The molecule has 1 fully saturated rings. The Balaban J connectivity index is 1.93. The van der Waals surface area contributed by atoms with Gasteiger partial charge in [-0.15, -0.1) is 0 Å². The van der Waals surface area contributed by atoms with Gasteiger partial charge in [0, 0.05) is 24.5 Å². The van der Waals surface area contributed by atoms with Gasteiger partial charge >= 0.3 is 6.03 Å². The number of β-amino-alcohol motifs (C(OH)–C–C–N with tert-alkyl or cyclic N) is 1. The van der Waals surface area contributed by atoms with Gasteiger partial charge in [0.05, 0.1) is 6.10 Å². The predicted molar refractivity (Wildman–Crippen MR) is 84.1 cm³/mol. The molecule has 1 atom stereocenters. The van der Waals surface area contributed by atoms with Gasteiger partial charge in [0.15, 0.2) is 0 Å². The number of amides is 2. The molecule has 2 amide bonds. The first kappa shape index (κ1) is 15.2. The van der Waals surface area contributed by atoms with E-state index in [2.05, 4.69) is 18.3 Å². The second-order valence-electron chi connectivity index (χ2n) is 5.01. The second-order valence-corrected chi connectivity index (χ2v) is 6.28. The summed E-state index contributed by atoms with van der Waals surface area (Å²) in [7, 11) is 0. The number of carbonyl (C=O) groups excluding carboxylic acids is 1. The average Bonchev–Trinajstić information content (AvgIpc) is 2.45. The number of urea groups is 1. The molecule has 0 spiro atoms. The van der Waals surface area contributed by atoms with Crippen molar-refractivity contribution in [1.29, 1.82) is 0 Å². The summed E-state index contributed by atoms with van der Waals surface area (Å²) in [6.07, 6.45) is 1.26. The molecule has 20 heavy (non-hydrogen) atoms. The number of aliphatic hydroxyl groups is 1. The number of nitrogens with zero attached hydrogens (tertiary/aromatic N) is 1. The van der Waals surface area contributed by atoms with Gasteiger partial charge in [-0.25, -0.2) is 4.79 Å². The van der Waals surface area contributed by atoms with Gasteiger partial charge in [0.25, 0.3) is 0 Å². The Bertz CT molecular complexity index is 453. The van der Waals surface area contributed by atoms with Crippen molar-refractivity contribution in [1.82, 2.24) is 4.90 Å². The number of carbonyl (C=O) groups is 1. The van der Waals surface area contributed by atoms with Crippen molar-refractivity contribution < 1.29 is 9.90 Å². The molecule has 0 saturated carbocycles. The summed E-state index contributed by atoms with van der Waals surface area (Å²) >= 11 is 1.86. The van der Waals surface area contributed by atoms with Crippen LogP contribution in [0.1, 0.15) is 25.3 Å². The van der Waals surface area contributed by atoms with Crippen molar-refractivity contribution in [3.8, 4) is 0 Å². The van der Waals surface area contributed by atoms with Gasteiger partial charge in [-0.1, -0.05) is 19.1 Å². The van der Waals surface area contributed by atoms with Crippen LogP contribution < -0.4 is 5.32 Å². The van der Waals surface area contributed by atoms with Crippen LogP contribution in [0.2, 0.25) is 0 Å². The molecule has 1 unspecified atom stereocenters. The summed E-state index contributed by atoms with van der Waals surface area (Å²) < 4.78 is 0. The third kappa shape index (κ3) is 4.42. The Hall–Kier alpha value is -1.20. The molecule has 1 aliphatic heterocycles. The first-order valence-corrected chi connectivity index (χ1v) is 8.25. The topological polar surface area (TPSA) is 52.6 Å². The van der Waals surface area contributed by atoms with Crippen LogP contribution in [0, 0.1) is 0 Å². The normalized spacial score (nSPS) is 18.9. The Kier molecular flexibility index (Phi) is 5.73. The Labute approximate surface area is 124 Å². The number of rotatable bonds is 4. The monoisotopic (exact) mass is 294 g/mol. The van der Waals surface area contributed by atoms with Crippen molar-refractivity contribution in [2.24, 2.45) is 0 Å². The smallest absolute Gasteiger partial charge is 0.321 e. The molecule has 110 valence electrons. The maximum absolute atomic E-state index is 12.1. The molecule has 4 nitrogen and oxygen atoms in total. The molecule has 1 aliphatic rings. The summed E-state index contributed by atoms with van der Waals surface area (Å²) in [5.41, 5.74) is 2.04. The van der Waals surface area contributed by atoms with Gasteiger partial charge in [-0.2, -0.15) is 11.8 Å². The van der Waals surface area contributed by atoms with E-state index in [1.54, 1.807) is 4.90 Å². The largest absolute Gasteiger partial charge is 0.391 e. The Morgan fingerprint density at radius 3 is 3.15 bits per heavy atom. The summed E-state index contributed by atoms with van der Waals surface area (Å²) in [6.45, 7) is 3.28. The first-order chi connectivity index (χ1) is 9.69. The predicted octanol–water partition coefficient (Wildman–Crippen LogP) is 2.93. The summed E-state index contributed by atoms with van der Waals surface area (Å²) in [5, 5.41) is 12.5. The second kappa shape index (κ2) is 7.55. The number of nitrogens with one attached hydrogen (secondary N) is 1. The fourth-order valence-electron chi connectivity index (χ4n) is 2.30. The van der Waals surface area contributed by atoms with Crippen LogP contribution in [0.5, 0.6) is 0 Å². The summed E-state index contributed by atoms with van der Waals surface area (Å²) in [6, 6.07) is 7.83. The van der Waals surface area contributed by atoms with Crippen LogP contribution in [0.15, 0.2) is 24.3 Å². The highest BCUT2D eigenvalue weighted by atomic mass is 32.2. The van der Waals surface area contributed by atoms with Crippen LogP contribution in [-0.2, 0) is 5.75 Å². The lowest BCUT2D eigenvalue weighted by Crippen LogP contribution is -2.44. The van der Waals surface area contributed by atoms with E-state index < -0.39 is 0 Å². The minimum absolute atomic E-state index is 0.121. The van der Waals surface area contributed by atoms with Gasteiger partial charge in [0.2, 0.25) is 0 Å². The van der Waals surface area contributed by atoms with Gasteiger partial charge in [-0.05, 0) is 36.3 Å². The van der Waals surface area contributed by atoms with Gasteiger partial charge < -0.3 is 15.3 Å². The number of aliphatic hydroxyl groups excluding tert-OH is 1. The molecule has 2 rings (SSSR count). The maximum Gasteiger partial charge on any atom is 0.321 e. The van der Waals surface area contributed by atoms with Crippen LogP contribution in [0.25, 0.3) is 0 Å². The molecular formula is C15H22N2O2S. The SMILES string of the molecule is CCSCc1cccc(NC(=O)N2CCCC(O)C2)c1. The van der Waals surface area contributed by atoms with Crippen molar-refractivity contribution >= 4 is 23.5 Å². The third-order valence-electron chi connectivity index (χ3n) is 3.33. The van der Waals surface area contributed by atoms with E-state index in [-0.39, 0.29) is 12.1 Å². The highest BCUT2D eigenvalue weighted by Gasteiger charge is 2.21. The number of benzene rings is 1. The molecule has 1 heterocycles. The van der Waals surface area contributed by atoms with Crippen molar-refractivity contribution in [3.05, 3.63) is 29.8 Å². The van der Waals surface area contributed by atoms with Crippen molar-refractivity contribution in [3.63, 3.8) is 0 Å². The molecule has 1 aromatic rings. The van der Waals surface area contributed by atoms with E-state index in [9.17, 15) is 9.90 Å². The van der Waals surface area contributed by atoms with Gasteiger partial charge in [-0.3, -0.25) is 0 Å². The molecule has 1 aromatic carbocycles. The van der Waals surface area contributed by atoms with Crippen molar-refractivity contribution in [2.75, 3.05) is 24.2 Å². The lowest BCUT2D eigenvalue weighted by molar-refractivity contribution is 0.0883. The number of anilines is 1. The number of hydrogen-bond donors (Lipinski definition) is 2. The third-order valence-corrected chi connectivity index (χ3v) is 4.28. The minimum Gasteiger partial charge on any atom is -0.391 e. The highest BCUT2D eigenvalue weighted by Crippen LogP contribution is 2.17. The van der Waals surface area contributed by atoms with Gasteiger partial charge in [0.1, 0.15) is 0 Å². The summed E-state index contributed by atoms with van der Waals surface area (Å²) in [5.74, 6) is 2.05. The Morgan fingerprint density at radius 1 is 1.55 bits per heavy atom. The molecule has 1 saturated heterocycles. The molecular weight excluding hydrogens is 272 g/mol. The van der Waals surface area contributed by atoms with E-state index in [0.29, 0.717) is 13.1 Å². The van der Waals surface area contributed by atoms with Crippen LogP contribution in [0.3, 0.4) is 0 Å². The van der Waals surface area contributed by atoms with Crippen LogP contribution in [-0.4, -0.2) is 41.0 Å². The lowest BCUT2D eigenvalue weighted by atomic mass is 10.1. The minimum atomic E-state index is -0.387. The summed E-state index contributed by atoms with van der Waals surface area (Å²) in [4.78, 5) is 13.8. The number of likely N-dealkylation sites (tertiary alicyclic amines) is 1. The fraction of sp³-hybridized carbons (Fsp3) is 0.533. The molecule has 0 aliphatic carbocycles. The van der Waals surface area contributed by atoms with Crippen molar-refractivity contribution in [2.45, 2.75) is 31.6 Å². The fourth-order valence-corrected chi connectivity index (χ4v) is 2.92. The molecule has 0 aromatic heterocycles. The van der Waals surface area contributed by atoms with E-state index in [1.807, 2.05) is 30.0 Å². The number of thioether (sulfide) groups is 1. The molecule has 2 N–H and O–H groups in total. The zero-order chi connectivity index (χ0) is 14.4. The van der Waals surface area contributed by atoms with E-state index in [1.165, 1.54) is 5.56 Å². The highest BCUT2D eigenvalue weighted by molar-refractivity contribution is 7.98. The molecule has 5 heteroatoms. The van der Waals surface area contributed by atoms with Crippen LogP contribution in [0.4, 0.5) is 10.5 Å². The van der Waals surface area contributed by atoms with E-state index in [0.717, 1.165) is 30.0 Å². The maximum atomic E-state index is 12.1. The number of hydrogen-bond acceptors (Lipinski definition) is 3. The Morgan fingerprint density at radius 2 is 2.40 bits per heavy atom. The van der Waals surface area contributed by atoms with E-state index >= 15 is 0 Å².